The summed E-state index contributed by atoms with van der Waals surface area (Å²) in [5.41, 5.74) is 0.928. The molecule has 0 unspecified atom stereocenters. The molecule has 0 saturated carbocycles. The van der Waals surface area contributed by atoms with Crippen molar-refractivity contribution in [2.24, 2.45) is 16.0 Å². The van der Waals surface area contributed by atoms with Gasteiger partial charge in [0.15, 0.2) is 5.84 Å². The highest BCUT2D eigenvalue weighted by Gasteiger charge is 2.35. The van der Waals surface area contributed by atoms with Crippen LogP contribution in [0.1, 0.15) is 25.8 Å². The van der Waals surface area contributed by atoms with Gasteiger partial charge < -0.3 is 14.2 Å². The Morgan fingerprint density at radius 2 is 1.76 bits per heavy atom. The van der Waals surface area contributed by atoms with E-state index in [9.17, 15) is 4.79 Å². The number of thioether (sulfide) groups is 1. The molecule has 8 nitrogen and oxygen atoms in total. The van der Waals surface area contributed by atoms with Crippen molar-refractivity contribution >= 4 is 39.8 Å². The topological polar surface area (TPSA) is 96.6 Å². The fourth-order valence-electron chi connectivity index (χ4n) is 3.32. The zero-order valence-corrected chi connectivity index (χ0v) is 20.1. The van der Waals surface area contributed by atoms with Crippen LogP contribution in [0.3, 0.4) is 0 Å². The third-order valence-corrected chi connectivity index (χ3v) is 5.86. The van der Waals surface area contributed by atoms with Gasteiger partial charge in [-0.25, -0.2) is 0 Å². The van der Waals surface area contributed by atoms with Gasteiger partial charge in [-0.2, -0.15) is 15.1 Å². The predicted octanol–water partition coefficient (Wildman–Crippen LogP) is 4.82. The van der Waals surface area contributed by atoms with E-state index in [-0.39, 0.29) is 11.4 Å². The Morgan fingerprint density at radius 3 is 2.47 bits per heavy atom. The van der Waals surface area contributed by atoms with Gasteiger partial charge >= 0.3 is 0 Å². The molecular formula is C25H26N4O4S. The average molecular weight is 479 g/mol. The maximum atomic E-state index is 12.6. The van der Waals surface area contributed by atoms with Crippen molar-refractivity contribution in [1.29, 1.82) is 5.41 Å². The van der Waals surface area contributed by atoms with Crippen molar-refractivity contribution in [3.63, 3.8) is 0 Å². The molecule has 0 bridgehead atoms. The molecule has 0 atom stereocenters. The molecule has 1 amide bonds. The predicted molar refractivity (Wildman–Crippen MR) is 135 cm³/mol. The molecule has 9 heteroatoms. The van der Waals surface area contributed by atoms with Gasteiger partial charge in [0.1, 0.15) is 35.5 Å². The number of hydrazone groups is 1. The minimum Gasteiger partial charge on any atom is -0.497 e. The van der Waals surface area contributed by atoms with E-state index in [1.54, 1.807) is 13.2 Å². The molecule has 2 heterocycles. The third kappa shape index (κ3) is 5.66. The lowest BCUT2D eigenvalue weighted by Crippen LogP contribution is -2.35. The first-order valence-corrected chi connectivity index (χ1v) is 11.7. The summed E-state index contributed by atoms with van der Waals surface area (Å²) in [6.07, 6.45) is 2.43. The van der Waals surface area contributed by atoms with E-state index in [0.717, 1.165) is 28.5 Å². The van der Waals surface area contributed by atoms with Crippen LogP contribution in [0.5, 0.6) is 17.2 Å². The number of rotatable bonds is 9. The number of methoxy groups -OCH3 is 1. The molecule has 1 N–H and O–H groups in total. The summed E-state index contributed by atoms with van der Waals surface area (Å²) < 4.78 is 16.6. The number of hydrogen-bond donors (Lipinski definition) is 1. The van der Waals surface area contributed by atoms with Gasteiger partial charge in [-0.1, -0.05) is 26.0 Å². The smallest absolute Gasteiger partial charge is 0.283 e. The molecule has 0 saturated heterocycles. The third-order valence-electron chi connectivity index (χ3n) is 4.93. The van der Waals surface area contributed by atoms with Gasteiger partial charge in [0.2, 0.25) is 5.17 Å². The van der Waals surface area contributed by atoms with Crippen molar-refractivity contribution in [2.45, 2.75) is 20.3 Å². The zero-order chi connectivity index (χ0) is 24.1. The molecule has 0 fully saturated rings. The number of ether oxygens (including phenoxy) is 3. The van der Waals surface area contributed by atoms with E-state index >= 15 is 0 Å². The lowest BCUT2D eigenvalue weighted by Gasteiger charge is -2.20. The molecular weight excluding hydrogens is 452 g/mol. The Morgan fingerprint density at radius 1 is 1.06 bits per heavy atom. The normalized spacial score (nSPS) is 16.5. The molecule has 2 aromatic carbocycles. The number of carbonyl (C=O) groups is 1. The average Bonchev–Trinajstić information content (AvgIpc) is 3.22. The number of amides is 1. The van der Waals surface area contributed by atoms with Crippen LogP contribution in [-0.4, -0.2) is 47.3 Å². The Labute approximate surface area is 202 Å². The molecule has 2 aliphatic rings. The van der Waals surface area contributed by atoms with Crippen molar-refractivity contribution in [3.05, 3.63) is 59.7 Å². The maximum absolute atomic E-state index is 12.6. The van der Waals surface area contributed by atoms with E-state index in [2.05, 4.69) is 23.9 Å². The number of benzene rings is 2. The summed E-state index contributed by atoms with van der Waals surface area (Å²) in [5, 5.41) is 15.7. The van der Waals surface area contributed by atoms with Gasteiger partial charge in [-0.15, -0.1) is 0 Å². The second kappa shape index (κ2) is 10.6. The zero-order valence-electron chi connectivity index (χ0n) is 19.3. The molecule has 176 valence electrons. The van der Waals surface area contributed by atoms with Crippen molar-refractivity contribution < 1.29 is 19.0 Å². The standard InChI is InChI=1S/C25H26N4O4S/c1-16(2)13-22-28-29-23(26)21(24(30)27-25(29)34-22)15-17-5-4-6-20(14-17)33-12-11-32-19-9-7-18(31-3)8-10-19/h4-10,14-16,26H,11-13H2,1-3H3/b21-15-,26-23?. The first kappa shape index (κ1) is 23.6. The summed E-state index contributed by atoms with van der Waals surface area (Å²) in [6.45, 7) is 4.93. The number of fused-ring (bicyclic) bond motifs is 1. The van der Waals surface area contributed by atoms with Gasteiger partial charge in [-0.05, 0) is 65.7 Å². The Balaban J connectivity index is 1.38. The fourth-order valence-corrected chi connectivity index (χ4v) is 4.41. The lowest BCUT2D eigenvalue weighted by molar-refractivity contribution is -0.114. The number of aliphatic imine (C=N–C) groups is 1. The number of hydrogen-bond acceptors (Lipinski definition) is 7. The summed E-state index contributed by atoms with van der Waals surface area (Å²) in [7, 11) is 1.62. The quantitative estimate of drug-likeness (QED) is 0.410. The number of nitrogens with one attached hydrogen (secondary N) is 1. The van der Waals surface area contributed by atoms with E-state index in [1.165, 1.54) is 16.8 Å². The van der Waals surface area contributed by atoms with Crippen LogP contribution in [0, 0.1) is 11.3 Å². The highest BCUT2D eigenvalue weighted by molar-refractivity contribution is 8.26. The highest BCUT2D eigenvalue weighted by Crippen LogP contribution is 2.30. The van der Waals surface area contributed by atoms with Gasteiger partial charge in [0, 0.05) is 6.42 Å². The van der Waals surface area contributed by atoms with Gasteiger partial charge in [0.25, 0.3) is 5.91 Å². The number of carbonyl (C=O) groups excluding carboxylic acids is 1. The van der Waals surface area contributed by atoms with E-state index < -0.39 is 5.91 Å². The van der Waals surface area contributed by atoms with Crippen LogP contribution < -0.4 is 14.2 Å². The van der Waals surface area contributed by atoms with Crippen molar-refractivity contribution in [1.82, 2.24) is 5.01 Å². The summed E-state index contributed by atoms with van der Waals surface area (Å²) in [5.74, 6) is 2.16. The fraction of sp³-hybridized carbons (Fsp3) is 0.280. The first-order chi connectivity index (χ1) is 16.4. The molecule has 0 aromatic heterocycles. The molecule has 0 spiro atoms. The van der Waals surface area contributed by atoms with Gasteiger partial charge in [0.05, 0.1) is 12.7 Å². The number of nitrogens with zero attached hydrogens (tertiary/aromatic N) is 3. The maximum Gasteiger partial charge on any atom is 0.283 e. The summed E-state index contributed by atoms with van der Waals surface area (Å²) in [6, 6.07) is 14.7. The monoisotopic (exact) mass is 478 g/mol. The SMILES string of the molecule is COc1ccc(OCCOc2cccc(/C=C3/C(=N)N4N=C(CC(C)C)SC4=NC3=O)c2)cc1. The highest BCUT2D eigenvalue weighted by atomic mass is 32.2. The van der Waals surface area contributed by atoms with Gasteiger partial charge in [-0.3, -0.25) is 10.2 Å². The van der Waals surface area contributed by atoms with E-state index in [4.69, 9.17) is 19.6 Å². The van der Waals surface area contributed by atoms with Crippen molar-refractivity contribution in [3.8, 4) is 17.2 Å². The minimum atomic E-state index is -0.441. The second-order valence-electron chi connectivity index (χ2n) is 8.06. The van der Waals surface area contributed by atoms with Crippen LogP contribution in [0.2, 0.25) is 0 Å². The van der Waals surface area contributed by atoms with Crippen LogP contribution in [-0.2, 0) is 4.79 Å². The summed E-state index contributed by atoms with van der Waals surface area (Å²) in [4.78, 5) is 16.7. The van der Waals surface area contributed by atoms with Crippen LogP contribution in [0.15, 0.2) is 64.2 Å². The van der Waals surface area contributed by atoms with Crippen LogP contribution in [0.25, 0.3) is 6.08 Å². The largest absolute Gasteiger partial charge is 0.497 e. The Hall–Kier alpha value is -3.59. The molecule has 34 heavy (non-hydrogen) atoms. The molecule has 0 radical (unpaired) electrons. The summed E-state index contributed by atoms with van der Waals surface area (Å²) >= 11 is 1.35. The van der Waals surface area contributed by atoms with E-state index in [0.29, 0.717) is 30.0 Å². The van der Waals surface area contributed by atoms with Crippen molar-refractivity contribution in [2.75, 3.05) is 20.3 Å². The molecule has 2 aromatic rings. The van der Waals surface area contributed by atoms with Crippen LogP contribution >= 0.6 is 11.8 Å². The Kier molecular flexibility index (Phi) is 7.32. The minimum absolute atomic E-state index is 0.0282. The number of amidine groups is 2. The molecule has 4 rings (SSSR count). The second-order valence-corrected chi connectivity index (χ2v) is 9.10. The Bertz CT molecular complexity index is 1170. The molecule has 2 aliphatic heterocycles. The molecule has 0 aliphatic carbocycles. The van der Waals surface area contributed by atoms with E-state index in [1.807, 2.05) is 48.5 Å². The first-order valence-electron chi connectivity index (χ1n) is 10.9. The lowest BCUT2D eigenvalue weighted by atomic mass is 10.1. The van der Waals surface area contributed by atoms with Crippen LogP contribution in [0.4, 0.5) is 0 Å².